The lowest BCUT2D eigenvalue weighted by Gasteiger charge is -2.06. The van der Waals surface area contributed by atoms with Crippen molar-refractivity contribution in [2.75, 3.05) is 0 Å². The number of H-pyrrole nitrogens is 1. The number of aryl methyl sites for hydroxylation is 2. The summed E-state index contributed by atoms with van der Waals surface area (Å²) in [4.78, 5) is 7.62. The SMILES string of the molecule is Cc1[nH]c2c(OCc3ccccc3)cncc2c1C. The molecule has 0 atom stereocenters. The number of nitrogens with zero attached hydrogens (tertiary/aromatic N) is 1. The molecule has 0 bridgehead atoms. The Labute approximate surface area is 112 Å². The maximum atomic E-state index is 5.88. The zero-order valence-corrected chi connectivity index (χ0v) is 11.1. The van der Waals surface area contributed by atoms with Gasteiger partial charge >= 0.3 is 0 Å². The molecular weight excluding hydrogens is 236 g/mol. The second-order valence-corrected chi connectivity index (χ2v) is 4.71. The molecular formula is C16H16N2O. The maximum Gasteiger partial charge on any atom is 0.162 e. The van der Waals surface area contributed by atoms with Gasteiger partial charge in [-0.1, -0.05) is 30.3 Å². The number of pyridine rings is 1. The third-order valence-electron chi connectivity index (χ3n) is 3.43. The van der Waals surface area contributed by atoms with E-state index in [9.17, 15) is 0 Å². The number of benzene rings is 1. The lowest BCUT2D eigenvalue weighted by atomic mass is 10.2. The van der Waals surface area contributed by atoms with E-state index in [4.69, 9.17) is 4.74 Å². The summed E-state index contributed by atoms with van der Waals surface area (Å²) in [5.74, 6) is 0.803. The molecule has 0 saturated carbocycles. The first-order valence-corrected chi connectivity index (χ1v) is 6.35. The van der Waals surface area contributed by atoms with Crippen molar-refractivity contribution in [2.45, 2.75) is 20.5 Å². The molecule has 2 heterocycles. The van der Waals surface area contributed by atoms with E-state index in [2.05, 4.69) is 35.9 Å². The van der Waals surface area contributed by atoms with Crippen LogP contribution in [0.25, 0.3) is 10.9 Å². The van der Waals surface area contributed by atoms with E-state index in [0.717, 1.165) is 27.9 Å². The molecule has 1 aromatic carbocycles. The average molecular weight is 252 g/mol. The summed E-state index contributed by atoms with van der Waals surface area (Å²) in [5.41, 5.74) is 4.57. The van der Waals surface area contributed by atoms with Crippen molar-refractivity contribution in [2.24, 2.45) is 0 Å². The summed E-state index contributed by atoms with van der Waals surface area (Å²) in [6.45, 7) is 4.71. The molecule has 2 aromatic heterocycles. The van der Waals surface area contributed by atoms with Crippen molar-refractivity contribution in [3.63, 3.8) is 0 Å². The Kier molecular flexibility index (Phi) is 2.95. The summed E-state index contributed by atoms with van der Waals surface area (Å²) in [5, 5.41) is 1.13. The molecule has 3 nitrogen and oxygen atoms in total. The third kappa shape index (κ3) is 2.19. The molecule has 3 aromatic rings. The molecule has 0 amide bonds. The van der Waals surface area contributed by atoms with Crippen LogP contribution in [0.4, 0.5) is 0 Å². The van der Waals surface area contributed by atoms with Gasteiger partial charge in [0.05, 0.1) is 11.7 Å². The summed E-state index contributed by atoms with van der Waals surface area (Å²) in [6.07, 6.45) is 3.64. The largest absolute Gasteiger partial charge is 0.485 e. The normalized spacial score (nSPS) is 10.8. The van der Waals surface area contributed by atoms with Gasteiger partial charge in [-0.2, -0.15) is 0 Å². The van der Waals surface area contributed by atoms with Crippen molar-refractivity contribution < 1.29 is 4.74 Å². The fourth-order valence-electron chi connectivity index (χ4n) is 2.18. The fourth-order valence-corrected chi connectivity index (χ4v) is 2.18. The van der Waals surface area contributed by atoms with E-state index in [-0.39, 0.29) is 0 Å². The molecule has 1 N–H and O–H groups in total. The quantitative estimate of drug-likeness (QED) is 0.770. The van der Waals surface area contributed by atoms with Crippen LogP contribution in [-0.4, -0.2) is 9.97 Å². The van der Waals surface area contributed by atoms with E-state index >= 15 is 0 Å². The standard InChI is InChI=1S/C16H16N2O/c1-11-12(2)18-16-14(11)8-17-9-15(16)19-10-13-6-4-3-5-7-13/h3-9,18H,10H2,1-2H3. The zero-order valence-electron chi connectivity index (χ0n) is 11.1. The second kappa shape index (κ2) is 4.76. The molecule has 3 heteroatoms. The van der Waals surface area contributed by atoms with E-state index in [1.807, 2.05) is 24.4 Å². The van der Waals surface area contributed by atoms with Crippen molar-refractivity contribution in [1.29, 1.82) is 0 Å². The van der Waals surface area contributed by atoms with Gasteiger partial charge in [-0.3, -0.25) is 4.98 Å². The van der Waals surface area contributed by atoms with Crippen LogP contribution in [-0.2, 0) is 6.61 Å². The molecule has 0 aliphatic heterocycles. The smallest absolute Gasteiger partial charge is 0.162 e. The van der Waals surface area contributed by atoms with Gasteiger partial charge in [-0.05, 0) is 25.0 Å². The van der Waals surface area contributed by atoms with Crippen LogP contribution < -0.4 is 4.74 Å². The van der Waals surface area contributed by atoms with Crippen LogP contribution in [0.2, 0.25) is 0 Å². The van der Waals surface area contributed by atoms with Gasteiger partial charge in [0.2, 0.25) is 0 Å². The Bertz CT molecular complexity index is 701. The molecule has 0 unspecified atom stereocenters. The van der Waals surface area contributed by atoms with Crippen LogP contribution in [0.1, 0.15) is 16.8 Å². The predicted octanol–water partition coefficient (Wildman–Crippen LogP) is 3.76. The highest BCUT2D eigenvalue weighted by Crippen LogP contribution is 2.28. The number of aromatic nitrogens is 2. The van der Waals surface area contributed by atoms with Gasteiger partial charge in [0.15, 0.2) is 5.75 Å². The topological polar surface area (TPSA) is 37.9 Å². The molecule has 0 aliphatic carbocycles. The highest BCUT2D eigenvalue weighted by atomic mass is 16.5. The van der Waals surface area contributed by atoms with Crippen molar-refractivity contribution in [3.05, 3.63) is 59.5 Å². The molecule has 0 spiro atoms. The second-order valence-electron chi connectivity index (χ2n) is 4.71. The Morgan fingerprint density at radius 1 is 1.11 bits per heavy atom. The van der Waals surface area contributed by atoms with Gasteiger partial charge in [-0.15, -0.1) is 0 Å². The van der Waals surface area contributed by atoms with Gasteiger partial charge < -0.3 is 9.72 Å². The summed E-state index contributed by atoms with van der Waals surface area (Å²) in [6, 6.07) is 10.1. The first-order chi connectivity index (χ1) is 9.25. The van der Waals surface area contributed by atoms with Gasteiger partial charge in [0.1, 0.15) is 6.61 Å². The van der Waals surface area contributed by atoms with Crippen LogP contribution in [0.3, 0.4) is 0 Å². The van der Waals surface area contributed by atoms with Gasteiger partial charge in [0.25, 0.3) is 0 Å². The monoisotopic (exact) mass is 252 g/mol. The van der Waals surface area contributed by atoms with E-state index in [1.54, 1.807) is 6.20 Å². The summed E-state index contributed by atoms with van der Waals surface area (Å²) in [7, 11) is 0. The molecule has 0 aliphatic rings. The van der Waals surface area contributed by atoms with E-state index < -0.39 is 0 Å². The maximum absolute atomic E-state index is 5.88. The first-order valence-electron chi connectivity index (χ1n) is 6.35. The number of rotatable bonds is 3. The molecule has 0 fully saturated rings. The summed E-state index contributed by atoms with van der Waals surface area (Å²) >= 11 is 0. The fraction of sp³-hybridized carbons (Fsp3) is 0.188. The molecule has 19 heavy (non-hydrogen) atoms. The van der Waals surface area contributed by atoms with Crippen molar-refractivity contribution in [1.82, 2.24) is 9.97 Å². The highest BCUT2D eigenvalue weighted by molar-refractivity contribution is 5.88. The molecule has 96 valence electrons. The minimum Gasteiger partial charge on any atom is -0.485 e. The number of aromatic amines is 1. The van der Waals surface area contributed by atoms with E-state index in [1.165, 1.54) is 5.56 Å². The van der Waals surface area contributed by atoms with Gasteiger partial charge in [-0.25, -0.2) is 0 Å². The number of hydrogen-bond acceptors (Lipinski definition) is 2. The van der Waals surface area contributed by atoms with E-state index in [0.29, 0.717) is 6.61 Å². The average Bonchev–Trinajstić information content (AvgIpc) is 2.74. The molecule has 3 rings (SSSR count). The molecule has 0 radical (unpaired) electrons. The van der Waals surface area contributed by atoms with Crippen molar-refractivity contribution >= 4 is 10.9 Å². The van der Waals surface area contributed by atoms with Crippen LogP contribution >= 0.6 is 0 Å². The predicted molar refractivity (Wildman–Crippen MR) is 76.3 cm³/mol. The lowest BCUT2D eigenvalue weighted by Crippen LogP contribution is -1.96. The summed E-state index contributed by atoms with van der Waals surface area (Å²) < 4.78 is 5.88. The van der Waals surface area contributed by atoms with Crippen LogP contribution in [0.5, 0.6) is 5.75 Å². The Morgan fingerprint density at radius 3 is 2.68 bits per heavy atom. The minimum atomic E-state index is 0.554. The Morgan fingerprint density at radius 2 is 1.89 bits per heavy atom. The number of fused-ring (bicyclic) bond motifs is 1. The number of nitrogens with one attached hydrogen (secondary N) is 1. The highest BCUT2D eigenvalue weighted by Gasteiger charge is 2.09. The Balaban J connectivity index is 1.91. The first kappa shape index (κ1) is 11.8. The van der Waals surface area contributed by atoms with Crippen LogP contribution in [0.15, 0.2) is 42.7 Å². The number of hydrogen-bond donors (Lipinski definition) is 1. The third-order valence-corrected chi connectivity index (χ3v) is 3.43. The van der Waals surface area contributed by atoms with Crippen LogP contribution in [0, 0.1) is 13.8 Å². The Hall–Kier alpha value is -2.29. The number of ether oxygens (including phenoxy) is 1. The minimum absolute atomic E-state index is 0.554. The molecule has 0 saturated heterocycles. The van der Waals surface area contributed by atoms with Crippen molar-refractivity contribution in [3.8, 4) is 5.75 Å². The van der Waals surface area contributed by atoms with Gasteiger partial charge in [0, 0.05) is 17.3 Å². The zero-order chi connectivity index (χ0) is 13.2. The lowest BCUT2D eigenvalue weighted by molar-refractivity contribution is 0.308.